The van der Waals surface area contributed by atoms with Crippen molar-refractivity contribution in [1.29, 1.82) is 0 Å². The number of imidazole rings is 1. The Morgan fingerprint density at radius 2 is 1.21 bits per heavy atom. The Bertz CT molecular complexity index is 1870. The molecule has 1 fully saturated rings. The summed E-state index contributed by atoms with van der Waals surface area (Å²) < 4.78 is 117. The van der Waals surface area contributed by atoms with E-state index in [1.807, 2.05) is 12.4 Å². The zero-order valence-electron chi connectivity index (χ0n) is 27.9. The number of nitrogens with one attached hydrogen (secondary N) is 1. The molecule has 5 rings (SSSR count). The second-order valence-corrected chi connectivity index (χ2v) is 10.8. The van der Waals surface area contributed by atoms with Gasteiger partial charge in [-0.1, -0.05) is 12.1 Å². The summed E-state index contributed by atoms with van der Waals surface area (Å²) in [5, 5.41) is 33.7. The standard InChI is InChI=1S/C26H24FN5O3.3C2HF3O2/c27-19-5-3-18(4-6-19)24-25(32(16-30-24)20-9-12-28-13-10-20)22-11-14-29-26(31-22)35-21-7-1-17(2-8-21)15-23(33)34;3*3-2(4,5)1(6)7/h1-8,11,14,16,20,28H,9-10,12-13,15H2,(H,33,34);3*(H,6,7). The van der Waals surface area contributed by atoms with Crippen molar-refractivity contribution < 1.29 is 88.2 Å². The quantitative estimate of drug-likeness (QED) is 0.128. The lowest BCUT2D eigenvalue weighted by atomic mass is 10.0. The van der Waals surface area contributed by atoms with Gasteiger partial charge in [0.2, 0.25) is 0 Å². The van der Waals surface area contributed by atoms with Gasteiger partial charge in [0.05, 0.1) is 29.8 Å². The third kappa shape index (κ3) is 15.2. The maximum atomic E-state index is 13.6. The monoisotopic (exact) mass is 815 g/mol. The van der Waals surface area contributed by atoms with E-state index in [1.165, 1.54) is 12.1 Å². The summed E-state index contributed by atoms with van der Waals surface area (Å²) in [7, 11) is 0. The molecule has 5 N–H and O–H groups in total. The van der Waals surface area contributed by atoms with E-state index in [2.05, 4.69) is 24.8 Å². The molecule has 0 radical (unpaired) electrons. The lowest BCUT2D eigenvalue weighted by Crippen LogP contribution is -2.29. The molecular formula is C32H27F10N5O9. The minimum atomic E-state index is -5.08. The highest BCUT2D eigenvalue weighted by atomic mass is 19.4. The van der Waals surface area contributed by atoms with Gasteiger partial charge in [0.25, 0.3) is 0 Å². The minimum Gasteiger partial charge on any atom is -0.481 e. The Balaban J connectivity index is 0.000000423. The Morgan fingerprint density at radius 1 is 0.732 bits per heavy atom. The van der Waals surface area contributed by atoms with Gasteiger partial charge in [-0.05, 0) is 74.0 Å². The van der Waals surface area contributed by atoms with Crippen LogP contribution >= 0.6 is 0 Å². The van der Waals surface area contributed by atoms with Crippen LogP contribution in [0.4, 0.5) is 43.9 Å². The molecule has 14 nitrogen and oxygen atoms in total. The molecule has 24 heteroatoms. The van der Waals surface area contributed by atoms with E-state index >= 15 is 0 Å². The highest BCUT2D eigenvalue weighted by Gasteiger charge is 2.39. The SMILES string of the molecule is O=C(O)C(F)(F)F.O=C(O)C(F)(F)F.O=C(O)C(F)(F)F.O=C(O)Cc1ccc(Oc2nccc(-c3c(-c4ccc(F)cc4)ncn3C3CCNCC3)n2)cc1. The molecule has 0 unspecified atom stereocenters. The highest BCUT2D eigenvalue weighted by Crippen LogP contribution is 2.35. The molecule has 4 aromatic rings. The fourth-order valence-corrected chi connectivity index (χ4v) is 4.27. The topological polar surface area (TPSA) is 214 Å². The first kappa shape index (κ1) is 45.8. The first-order valence-corrected chi connectivity index (χ1v) is 15.2. The molecule has 1 aliphatic rings. The van der Waals surface area contributed by atoms with Crippen molar-refractivity contribution in [1.82, 2.24) is 24.8 Å². The van der Waals surface area contributed by atoms with Crippen LogP contribution in [0.5, 0.6) is 11.8 Å². The van der Waals surface area contributed by atoms with Crippen molar-refractivity contribution in [3.8, 4) is 34.4 Å². The molecule has 3 heterocycles. The molecule has 2 aromatic heterocycles. The molecule has 56 heavy (non-hydrogen) atoms. The summed E-state index contributed by atoms with van der Waals surface area (Å²) in [6.45, 7) is 1.84. The summed E-state index contributed by atoms with van der Waals surface area (Å²) in [6, 6.07) is 15.3. The Hall–Kier alpha value is -6.33. The van der Waals surface area contributed by atoms with E-state index in [4.69, 9.17) is 39.5 Å². The van der Waals surface area contributed by atoms with E-state index in [0.717, 1.165) is 37.2 Å². The van der Waals surface area contributed by atoms with Gasteiger partial charge in [-0.15, -0.1) is 0 Å². The largest absolute Gasteiger partial charge is 0.490 e. The van der Waals surface area contributed by atoms with E-state index in [0.29, 0.717) is 22.7 Å². The van der Waals surface area contributed by atoms with Crippen molar-refractivity contribution in [3.63, 3.8) is 0 Å². The lowest BCUT2D eigenvalue weighted by molar-refractivity contribution is -0.193. The first-order valence-electron chi connectivity index (χ1n) is 15.2. The lowest BCUT2D eigenvalue weighted by Gasteiger charge is -2.25. The van der Waals surface area contributed by atoms with Crippen molar-refractivity contribution in [2.75, 3.05) is 13.1 Å². The number of carbonyl (C=O) groups is 4. The summed E-state index contributed by atoms with van der Waals surface area (Å²) in [5.41, 5.74) is 3.66. The van der Waals surface area contributed by atoms with Crippen LogP contribution in [0.15, 0.2) is 67.1 Å². The average molecular weight is 816 g/mol. The number of carboxylic acid groups (broad SMARTS) is 4. The summed E-state index contributed by atoms with van der Waals surface area (Å²) in [4.78, 5) is 51.2. The second-order valence-electron chi connectivity index (χ2n) is 10.8. The van der Waals surface area contributed by atoms with Crippen LogP contribution in [0.25, 0.3) is 22.6 Å². The third-order valence-electron chi connectivity index (χ3n) is 6.70. The number of alkyl halides is 9. The van der Waals surface area contributed by atoms with Crippen LogP contribution in [0.1, 0.15) is 24.4 Å². The number of hydrogen-bond acceptors (Lipinski definition) is 9. The predicted octanol–water partition coefficient (Wildman–Crippen LogP) is 6.39. The number of piperidine rings is 1. The van der Waals surface area contributed by atoms with Gasteiger partial charge >= 0.3 is 48.4 Å². The number of hydrogen-bond donors (Lipinski definition) is 5. The molecule has 0 spiro atoms. The zero-order valence-corrected chi connectivity index (χ0v) is 27.9. The van der Waals surface area contributed by atoms with Crippen LogP contribution in [0.3, 0.4) is 0 Å². The molecule has 0 aliphatic carbocycles. The van der Waals surface area contributed by atoms with E-state index in [1.54, 1.807) is 42.6 Å². The predicted molar refractivity (Wildman–Crippen MR) is 169 cm³/mol. The van der Waals surface area contributed by atoms with Crippen LogP contribution in [0.2, 0.25) is 0 Å². The van der Waals surface area contributed by atoms with E-state index < -0.39 is 42.4 Å². The molecule has 0 saturated carbocycles. The Labute approximate surface area is 307 Å². The van der Waals surface area contributed by atoms with Gasteiger partial charge in [0, 0.05) is 17.8 Å². The molecule has 1 saturated heterocycles. The number of aliphatic carboxylic acids is 4. The Morgan fingerprint density at radius 3 is 1.66 bits per heavy atom. The van der Waals surface area contributed by atoms with Gasteiger partial charge in [-0.3, -0.25) is 4.79 Å². The van der Waals surface area contributed by atoms with Crippen molar-refractivity contribution in [2.24, 2.45) is 0 Å². The fraction of sp³-hybridized carbons (Fsp3) is 0.281. The average Bonchev–Trinajstić information content (AvgIpc) is 3.55. The minimum absolute atomic E-state index is 0.0564. The maximum absolute atomic E-state index is 13.6. The third-order valence-corrected chi connectivity index (χ3v) is 6.70. The number of halogens is 10. The number of nitrogens with zero attached hydrogens (tertiary/aromatic N) is 4. The van der Waals surface area contributed by atoms with Crippen LogP contribution in [-0.4, -0.2) is 95.4 Å². The smallest absolute Gasteiger partial charge is 0.481 e. The number of aromatic nitrogens is 4. The highest BCUT2D eigenvalue weighted by molar-refractivity contribution is 5.77. The zero-order chi connectivity index (χ0) is 42.4. The first-order chi connectivity index (χ1) is 25.9. The van der Waals surface area contributed by atoms with Gasteiger partial charge in [0.15, 0.2) is 0 Å². The Kier molecular flexibility index (Phi) is 16.2. The molecule has 304 valence electrons. The van der Waals surface area contributed by atoms with E-state index in [-0.39, 0.29) is 24.3 Å². The summed E-state index contributed by atoms with van der Waals surface area (Å²) in [6.07, 6.45) is -9.93. The number of carboxylic acids is 4. The van der Waals surface area contributed by atoms with E-state index in [9.17, 15) is 48.7 Å². The summed E-state index contributed by atoms with van der Waals surface area (Å²) in [5.74, 6) is -8.97. The van der Waals surface area contributed by atoms with Crippen LogP contribution in [-0.2, 0) is 25.6 Å². The molecular weight excluding hydrogens is 788 g/mol. The summed E-state index contributed by atoms with van der Waals surface area (Å²) >= 11 is 0. The van der Waals surface area contributed by atoms with Gasteiger partial charge < -0.3 is 35.0 Å². The number of benzene rings is 2. The van der Waals surface area contributed by atoms with Crippen molar-refractivity contribution >= 4 is 23.9 Å². The van der Waals surface area contributed by atoms with Crippen molar-refractivity contribution in [3.05, 3.63) is 78.5 Å². The molecule has 0 bridgehead atoms. The maximum Gasteiger partial charge on any atom is 0.490 e. The number of rotatable bonds is 7. The van der Waals surface area contributed by atoms with Gasteiger partial charge in [-0.2, -0.15) is 44.5 Å². The molecule has 2 aromatic carbocycles. The van der Waals surface area contributed by atoms with Crippen LogP contribution in [0, 0.1) is 5.82 Å². The molecule has 1 aliphatic heterocycles. The van der Waals surface area contributed by atoms with Gasteiger partial charge in [-0.25, -0.2) is 28.7 Å². The molecule has 0 amide bonds. The second kappa shape index (κ2) is 19.8. The van der Waals surface area contributed by atoms with Crippen LogP contribution < -0.4 is 10.1 Å². The number of ether oxygens (including phenoxy) is 1. The fourth-order valence-electron chi connectivity index (χ4n) is 4.27. The molecule has 0 atom stereocenters. The normalized spacial score (nSPS) is 13.0. The van der Waals surface area contributed by atoms with Gasteiger partial charge in [0.1, 0.15) is 11.6 Å². The van der Waals surface area contributed by atoms with Crippen molar-refractivity contribution in [2.45, 2.75) is 43.8 Å².